The van der Waals surface area contributed by atoms with Crippen LogP contribution in [-0.2, 0) is 0 Å². The minimum absolute atomic E-state index is 0.0305. The van der Waals surface area contributed by atoms with E-state index in [0.717, 1.165) is 45.1 Å². The molecule has 2 fully saturated rings. The molecule has 28 heavy (non-hydrogen) atoms. The van der Waals surface area contributed by atoms with E-state index in [4.69, 9.17) is 0 Å². The molecular formula is C22H29N5O. The number of nitrogens with one attached hydrogen (secondary N) is 2. The molecule has 3 heterocycles. The number of nitrogens with zero attached hydrogens (tertiary/aromatic N) is 3. The van der Waals surface area contributed by atoms with Gasteiger partial charge in [-0.3, -0.25) is 4.79 Å². The number of carbonyl (C=O) groups excluding carboxylic acids is 1. The van der Waals surface area contributed by atoms with Crippen molar-refractivity contribution in [2.75, 3.05) is 50.7 Å². The minimum Gasteiger partial charge on any atom is -0.353 e. The lowest BCUT2D eigenvalue weighted by atomic mass is 10.0. The Morgan fingerprint density at radius 3 is 2.75 bits per heavy atom. The Balaban J connectivity index is 1.42. The van der Waals surface area contributed by atoms with Crippen LogP contribution in [0.3, 0.4) is 0 Å². The average molecular weight is 380 g/mol. The molecule has 2 N–H and O–H groups in total. The lowest BCUT2D eigenvalue weighted by molar-refractivity contribution is 0.0950. The highest BCUT2D eigenvalue weighted by Crippen LogP contribution is 2.23. The first kappa shape index (κ1) is 18.9. The molecule has 2 aliphatic rings. The fourth-order valence-electron chi connectivity index (χ4n) is 4.11. The van der Waals surface area contributed by atoms with E-state index in [1.807, 2.05) is 18.2 Å². The molecule has 2 aromatic rings. The summed E-state index contributed by atoms with van der Waals surface area (Å²) in [4.78, 5) is 22.0. The van der Waals surface area contributed by atoms with Crippen LogP contribution in [-0.4, -0.2) is 61.6 Å². The van der Waals surface area contributed by atoms with Crippen LogP contribution in [0.4, 0.5) is 5.82 Å². The maximum absolute atomic E-state index is 12.8. The summed E-state index contributed by atoms with van der Waals surface area (Å²) in [7, 11) is 0. The van der Waals surface area contributed by atoms with Crippen molar-refractivity contribution in [2.24, 2.45) is 0 Å². The number of piperazine rings is 1. The summed E-state index contributed by atoms with van der Waals surface area (Å²) in [5, 5.41) is 6.66. The van der Waals surface area contributed by atoms with Crippen LogP contribution >= 0.6 is 0 Å². The number of anilines is 1. The van der Waals surface area contributed by atoms with Crippen molar-refractivity contribution in [3.05, 3.63) is 59.8 Å². The zero-order valence-corrected chi connectivity index (χ0v) is 16.3. The largest absolute Gasteiger partial charge is 0.353 e. The number of carbonyl (C=O) groups is 1. The van der Waals surface area contributed by atoms with Crippen LogP contribution in [0.1, 0.15) is 34.8 Å². The summed E-state index contributed by atoms with van der Waals surface area (Å²) in [6.07, 6.45) is 4.31. The summed E-state index contributed by atoms with van der Waals surface area (Å²) in [5.74, 6) is 0.751. The topological polar surface area (TPSA) is 60.5 Å². The zero-order chi connectivity index (χ0) is 19.2. The first-order valence-corrected chi connectivity index (χ1v) is 10.3. The lowest BCUT2D eigenvalue weighted by Crippen LogP contribution is -2.47. The van der Waals surface area contributed by atoms with Gasteiger partial charge in [0.05, 0.1) is 5.56 Å². The molecule has 6 nitrogen and oxygen atoms in total. The maximum atomic E-state index is 12.8. The van der Waals surface area contributed by atoms with Crippen LogP contribution in [0.25, 0.3) is 0 Å². The van der Waals surface area contributed by atoms with Crippen molar-refractivity contribution in [3.8, 4) is 0 Å². The molecular weight excluding hydrogens is 350 g/mol. The van der Waals surface area contributed by atoms with Gasteiger partial charge in [0.2, 0.25) is 0 Å². The van der Waals surface area contributed by atoms with E-state index in [-0.39, 0.29) is 11.9 Å². The molecule has 2 aliphatic heterocycles. The summed E-state index contributed by atoms with van der Waals surface area (Å²) < 4.78 is 0. The Labute approximate surface area is 166 Å². The second-order valence-electron chi connectivity index (χ2n) is 7.54. The molecule has 0 aliphatic carbocycles. The fraction of sp³-hybridized carbons (Fsp3) is 0.455. The molecule has 2 saturated heterocycles. The van der Waals surface area contributed by atoms with Gasteiger partial charge in [0.1, 0.15) is 5.82 Å². The average Bonchev–Trinajstić information content (AvgIpc) is 3.28. The van der Waals surface area contributed by atoms with Crippen molar-refractivity contribution in [1.82, 2.24) is 20.5 Å². The molecule has 4 rings (SSSR count). The van der Waals surface area contributed by atoms with E-state index < -0.39 is 0 Å². The standard InChI is InChI=1S/C22H29N5O/c28-22(25-11-15-26-13-4-5-14-26)19-9-6-10-24-21(19)27-16-12-23-20(17-27)18-7-2-1-3-8-18/h1-3,6-10,20,23H,4-5,11-17H2,(H,25,28)/t20-/m0/s1. The molecule has 0 unspecified atom stereocenters. The second-order valence-corrected chi connectivity index (χ2v) is 7.54. The first-order chi connectivity index (χ1) is 13.8. The summed E-state index contributed by atoms with van der Waals surface area (Å²) >= 11 is 0. The zero-order valence-electron chi connectivity index (χ0n) is 16.3. The third-order valence-corrected chi connectivity index (χ3v) is 5.62. The van der Waals surface area contributed by atoms with Gasteiger partial charge in [-0.25, -0.2) is 4.98 Å². The third kappa shape index (κ3) is 4.51. The van der Waals surface area contributed by atoms with E-state index in [2.05, 4.69) is 49.7 Å². The van der Waals surface area contributed by atoms with Crippen LogP contribution in [0.2, 0.25) is 0 Å². The lowest BCUT2D eigenvalue weighted by Gasteiger charge is -2.35. The molecule has 148 valence electrons. The number of hydrogen-bond acceptors (Lipinski definition) is 5. The normalized spacial score (nSPS) is 20.3. The van der Waals surface area contributed by atoms with Crippen molar-refractivity contribution in [3.63, 3.8) is 0 Å². The predicted molar refractivity (Wildman–Crippen MR) is 112 cm³/mol. The van der Waals surface area contributed by atoms with E-state index in [1.54, 1.807) is 6.20 Å². The quantitative estimate of drug-likeness (QED) is 0.805. The Morgan fingerprint density at radius 2 is 1.93 bits per heavy atom. The van der Waals surface area contributed by atoms with Gasteiger partial charge >= 0.3 is 0 Å². The van der Waals surface area contributed by atoms with E-state index in [9.17, 15) is 4.79 Å². The highest BCUT2D eigenvalue weighted by atomic mass is 16.1. The third-order valence-electron chi connectivity index (χ3n) is 5.62. The molecule has 0 saturated carbocycles. The Kier molecular flexibility index (Phi) is 6.19. The number of amides is 1. The van der Waals surface area contributed by atoms with Crippen molar-refractivity contribution in [2.45, 2.75) is 18.9 Å². The molecule has 1 atom stereocenters. The van der Waals surface area contributed by atoms with Crippen LogP contribution < -0.4 is 15.5 Å². The molecule has 6 heteroatoms. The summed E-state index contributed by atoms with van der Waals surface area (Å²) in [6, 6.07) is 14.4. The molecule has 1 amide bonds. The predicted octanol–water partition coefficient (Wildman–Crippen LogP) is 2.06. The van der Waals surface area contributed by atoms with Gasteiger partial charge in [0.25, 0.3) is 5.91 Å². The smallest absolute Gasteiger partial charge is 0.255 e. The number of rotatable bonds is 6. The van der Waals surface area contributed by atoms with E-state index in [1.165, 1.54) is 18.4 Å². The van der Waals surface area contributed by atoms with Crippen LogP contribution in [0, 0.1) is 0 Å². The number of pyridine rings is 1. The maximum Gasteiger partial charge on any atom is 0.255 e. The van der Waals surface area contributed by atoms with Crippen molar-refractivity contribution >= 4 is 11.7 Å². The van der Waals surface area contributed by atoms with Gasteiger partial charge in [-0.1, -0.05) is 30.3 Å². The van der Waals surface area contributed by atoms with Crippen LogP contribution in [0.15, 0.2) is 48.7 Å². The molecule has 0 spiro atoms. The van der Waals surface area contributed by atoms with Gasteiger partial charge in [0, 0.05) is 45.0 Å². The number of hydrogen-bond donors (Lipinski definition) is 2. The van der Waals surface area contributed by atoms with E-state index >= 15 is 0 Å². The Morgan fingerprint density at radius 1 is 1.11 bits per heavy atom. The number of likely N-dealkylation sites (tertiary alicyclic amines) is 1. The minimum atomic E-state index is -0.0305. The first-order valence-electron chi connectivity index (χ1n) is 10.3. The molecule has 0 radical (unpaired) electrons. The van der Waals surface area contributed by atoms with Crippen LogP contribution in [0.5, 0.6) is 0 Å². The van der Waals surface area contributed by atoms with Crippen molar-refractivity contribution in [1.29, 1.82) is 0 Å². The Bertz CT molecular complexity index is 776. The van der Waals surface area contributed by atoms with E-state index in [0.29, 0.717) is 12.1 Å². The highest BCUT2D eigenvalue weighted by Gasteiger charge is 2.25. The molecule has 0 bridgehead atoms. The summed E-state index contributed by atoms with van der Waals surface area (Å²) in [5.41, 5.74) is 1.93. The Hall–Kier alpha value is -2.44. The fourth-order valence-corrected chi connectivity index (χ4v) is 4.11. The van der Waals surface area contributed by atoms with Gasteiger partial charge in [-0.2, -0.15) is 0 Å². The molecule has 1 aromatic carbocycles. The second kappa shape index (κ2) is 9.17. The summed E-state index contributed by atoms with van der Waals surface area (Å²) in [6.45, 7) is 6.41. The monoisotopic (exact) mass is 379 g/mol. The molecule has 1 aromatic heterocycles. The number of benzene rings is 1. The van der Waals surface area contributed by atoms with Gasteiger partial charge in [-0.15, -0.1) is 0 Å². The number of aromatic nitrogens is 1. The van der Waals surface area contributed by atoms with Crippen molar-refractivity contribution < 1.29 is 4.79 Å². The van der Waals surface area contributed by atoms with Gasteiger partial charge < -0.3 is 20.4 Å². The van der Waals surface area contributed by atoms with Gasteiger partial charge in [-0.05, 0) is 43.6 Å². The highest BCUT2D eigenvalue weighted by molar-refractivity contribution is 5.98. The van der Waals surface area contributed by atoms with Gasteiger partial charge in [0.15, 0.2) is 0 Å². The SMILES string of the molecule is O=C(NCCN1CCCC1)c1cccnc1N1CCN[C@H](c2ccccc2)C1.